The van der Waals surface area contributed by atoms with E-state index in [9.17, 15) is 9.90 Å². The zero-order chi connectivity index (χ0) is 22.5. The van der Waals surface area contributed by atoms with Crippen LogP contribution in [0.2, 0.25) is 0 Å². The topological polar surface area (TPSA) is 58.4 Å². The fourth-order valence-electron chi connectivity index (χ4n) is 6.05. The van der Waals surface area contributed by atoms with Crippen molar-refractivity contribution in [2.75, 3.05) is 6.54 Å². The van der Waals surface area contributed by atoms with Crippen LogP contribution in [-0.2, 0) is 17.9 Å². The molecular formula is C27H41N3O2. The molecule has 2 aliphatic rings. The van der Waals surface area contributed by atoms with Gasteiger partial charge in [-0.1, -0.05) is 38.7 Å². The second-order valence-corrected chi connectivity index (χ2v) is 9.95. The molecule has 0 bridgehead atoms. The second kappa shape index (κ2) is 10.8. The fraction of sp³-hybridized carbons (Fsp3) is 0.704. The zero-order valence-corrected chi connectivity index (χ0v) is 20.1. The zero-order valence-electron chi connectivity index (χ0n) is 20.1. The van der Waals surface area contributed by atoms with Gasteiger partial charge in [-0.2, -0.15) is 0 Å². The van der Waals surface area contributed by atoms with Crippen molar-refractivity contribution < 1.29 is 9.90 Å². The maximum atomic E-state index is 13.2. The molecule has 0 saturated heterocycles. The van der Waals surface area contributed by atoms with E-state index >= 15 is 0 Å². The lowest BCUT2D eigenvalue weighted by Crippen LogP contribution is -2.41. The Morgan fingerprint density at radius 3 is 2.50 bits per heavy atom. The predicted octanol–water partition coefficient (Wildman–Crippen LogP) is 5.78. The molecule has 32 heavy (non-hydrogen) atoms. The Labute approximate surface area is 193 Å². The number of nitrogens with zero attached hydrogens (tertiary/aromatic N) is 3. The van der Waals surface area contributed by atoms with Crippen LogP contribution in [0.3, 0.4) is 0 Å². The van der Waals surface area contributed by atoms with Gasteiger partial charge in [-0.05, 0) is 69.1 Å². The molecular weight excluding hydrogens is 398 g/mol. The molecule has 5 nitrogen and oxygen atoms in total. The molecule has 1 amide bonds. The minimum absolute atomic E-state index is 0.0328. The minimum atomic E-state index is 0.0328. The summed E-state index contributed by atoms with van der Waals surface area (Å²) < 4.78 is 2.32. The highest BCUT2D eigenvalue weighted by atomic mass is 16.3. The van der Waals surface area contributed by atoms with Gasteiger partial charge in [-0.15, -0.1) is 0 Å². The monoisotopic (exact) mass is 439 g/mol. The van der Waals surface area contributed by atoms with Crippen molar-refractivity contribution in [1.82, 2.24) is 14.5 Å². The fourth-order valence-corrected chi connectivity index (χ4v) is 6.05. The van der Waals surface area contributed by atoms with Gasteiger partial charge in [0.05, 0.1) is 17.6 Å². The van der Waals surface area contributed by atoms with E-state index < -0.39 is 0 Å². The van der Waals surface area contributed by atoms with E-state index in [4.69, 9.17) is 4.98 Å². The van der Waals surface area contributed by atoms with Gasteiger partial charge in [0.1, 0.15) is 5.82 Å². The Bertz CT molecular complexity index is 892. The number of aromatic nitrogens is 2. The number of aliphatic hydroxyl groups is 1. The molecule has 0 unspecified atom stereocenters. The normalized spacial score (nSPS) is 22.3. The third kappa shape index (κ3) is 5.03. The number of carbonyl (C=O) groups excluding carboxylic acids is 1. The maximum absolute atomic E-state index is 13.2. The number of aliphatic hydroxyl groups excluding tert-OH is 1. The Morgan fingerprint density at radius 2 is 1.84 bits per heavy atom. The van der Waals surface area contributed by atoms with E-state index in [0.29, 0.717) is 24.9 Å². The highest BCUT2D eigenvalue weighted by Crippen LogP contribution is 2.38. The summed E-state index contributed by atoms with van der Waals surface area (Å²) in [6.07, 6.45) is 12.8. The number of aryl methyl sites for hydroxylation is 1. The van der Waals surface area contributed by atoms with Crippen molar-refractivity contribution in [1.29, 1.82) is 0 Å². The smallest absolute Gasteiger partial charge is 0.224 e. The van der Waals surface area contributed by atoms with Crippen molar-refractivity contribution in [3.63, 3.8) is 0 Å². The lowest BCUT2D eigenvalue weighted by Gasteiger charge is -2.34. The first-order valence-electron chi connectivity index (χ1n) is 13.0. The van der Waals surface area contributed by atoms with Crippen LogP contribution in [0.15, 0.2) is 18.2 Å². The van der Waals surface area contributed by atoms with Crippen molar-refractivity contribution in [3.8, 4) is 0 Å². The summed E-state index contributed by atoms with van der Waals surface area (Å²) in [5, 5.41) is 9.58. The molecule has 1 aromatic carbocycles. The van der Waals surface area contributed by atoms with Gasteiger partial charge in [0.2, 0.25) is 5.91 Å². The number of imidazole rings is 1. The highest BCUT2D eigenvalue weighted by Gasteiger charge is 2.28. The summed E-state index contributed by atoms with van der Waals surface area (Å²) in [5.41, 5.74) is 2.95. The predicted molar refractivity (Wildman–Crippen MR) is 130 cm³/mol. The second-order valence-electron chi connectivity index (χ2n) is 9.95. The van der Waals surface area contributed by atoms with Gasteiger partial charge < -0.3 is 14.6 Å². The van der Waals surface area contributed by atoms with Crippen molar-refractivity contribution in [2.45, 2.75) is 110 Å². The Morgan fingerprint density at radius 1 is 1.09 bits per heavy atom. The molecule has 1 N–H and O–H groups in total. The first kappa shape index (κ1) is 23.3. The molecule has 4 rings (SSSR count). The lowest BCUT2D eigenvalue weighted by molar-refractivity contribution is -0.134. The van der Waals surface area contributed by atoms with Crippen LogP contribution in [-0.4, -0.2) is 38.1 Å². The molecule has 0 aliphatic heterocycles. The molecule has 0 atom stereocenters. The number of hydrogen-bond acceptors (Lipinski definition) is 3. The first-order valence-corrected chi connectivity index (χ1v) is 13.0. The molecule has 1 aromatic heterocycles. The van der Waals surface area contributed by atoms with Gasteiger partial charge in [0.15, 0.2) is 0 Å². The molecule has 0 radical (unpaired) electrons. The van der Waals surface area contributed by atoms with Crippen LogP contribution in [0.1, 0.15) is 102 Å². The largest absolute Gasteiger partial charge is 0.392 e. The quantitative estimate of drug-likeness (QED) is 0.567. The molecule has 5 heteroatoms. The van der Waals surface area contributed by atoms with Crippen LogP contribution in [0, 0.1) is 5.92 Å². The summed E-state index contributed by atoms with van der Waals surface area (Å²) >= 11 is 0. The SMILES string of the molecule is CCN(C(=O)CCn1c2ccc(CO)cc2nc1[C@H]1CC[C@H](CC)CC1)C1CCCCC1. The highest BCUT2D eigenvalue weighted by molar-refractivity contribution is 5.79. The van der Waals surface area contributed by atoms with Gasteiger partial charge in [0, 0.05) is 31.5 Å². The maximum Gasteiger partial charge on any atom is 0.224 e. The molecule has 0 spiro atoms. The Hall–Kier alpha value is -1.88. The third-order valence-corrected chi connectivity index (χ3v) is 8.04. The average Bonchev–Trinajstić information content (AvgIpc) is 3.21. The first-order chi connectivity index (χ1) is 15.6. The summed E-state index contributed by atoms with van der Waals surface area (Å²) in [7, 11) is 0. The molecule has 176 valence electrons. The van der Waals surface area contributed by atoms with Gasteiger partial charge in [-0.25, -0.2) is 4.98 Å². The summed E-state index contributed by atoms with van der Waals surface area (Å²) in [4.78, 5) is 20.4. The molecule has 1 heterocycles. The molecule has 2 aromatic rings. The summed E-state index contributed by atoms with van der Waals surface area (Å²) in [6, 6.07) is 6.50. The summed E-state index contributed by atoms with van der Waals surface area (Å²) in [5.74, 6) is 2.76. The average molecular weight is 440 g/mol. The van der Waals surface area contributed by atoms with Crippen LogP contribution < -0.4 is 0 Å². The Kier molecular flexibility index (Phi) is 7.88. The minimum Gasteiger partial charge on any atom is -0.392 e. The molecule has 2 fully saturated rings. The van der Waals surface area contributed by atoms with E-state index in [-0.39, 0.29) is 12.5 Å². The van der Waals surface area contributed by atoms with Crippen LogP contribution in [0.4, 0.5) is 0 Å². The Balaban J connectivity index is 1.55. The number of benzene rings is 1. The van der Waals surface area contributed by atoms with Gasteiger partial charge in [-0.3, -0.25) is 4.79 Å². The standard InChI is InChI=1S/C27H41N3O2/c1-3-20-10-13-22(14-11-20)27-28-24-18-21(19-31)12-15-25(24)30(27)17-16-26(32)29(4-2)23-8-6-5-7-9-23/h12,15,18,20,22-23,31H,3-11,13-14,16-17,19H2,1-2H3/t20-,22-. The lowest BCUT2D eigenvalue weighted by atomic mass is 9.80. The van der Waals surface area contributed by atoms with Gasteiger partial charge in [0.25, 0.3) is 0 Å². The van der Waals surface area contributed by atoms with E-state index in [1.54, 1.807) is 0 Å². The molecule has 2 aliphatic carbocycles. The van der Waals surface area contributed by atoms with Crippen molar-refractivity contribution in [2.24, 2.45) is 5.92 Å². The van der Waals surface area contributed by atoms with Crippen LogP contribution in [0.25, 0.3) is 11.0 Å². The molecule has 2 saturated carbocycles. The van der Waals surface area contributed by atoms with Crippen LogP contribution >= 0.6 is 0 Å². The van der Waals surface area contributed by atoms with Gasteiger partial charge >= 0.3 is 0 Å². The van der Waals surface area contributed by atoms with E-state index in [2.05, 4.69) is 29.4 Å². The number of fused-ring (bicyclic) bond motifs is 1. The summed E-state index contributed by atoms with van der Waals surface area (Å²) in [6.45, 7) is 5.95. The number of carbonyl (C=O) groups is 1. The van der Waals surface area contributed by atoms with Crippen molar-refractivity contribution in [3.05, 3.63) is 29.6 Å². The number of rotatable bonds is 8. The number of amides is 1. The van der Waals surface area contributed by atoms with Crippen LogP contribution in [0.5, 0.6) is 0 Å². The van der Waals surface area contributed by atoms with E-state index in [0.717, 1.165) is 47.7 Å². The number of hydrogen-bond donors (Lipinski definition) is 1. The van der Waals surface area contributed by atoms with E-state index in [1.165, 1.54) is 51.4 Å². The third-order valence-electron chi connectivity index (χ3n) is 8.04. The van der Waals surface area contributed by atoms with E-state index in [1.807, 2.05) is 12.1 Å². The van der Waals surface area contributed by atoms with Crippen molar-refractivity contribution >= 4 is 16.9 Å².